The lowest BCUT2D eigenvalue weighted by Crippen LogP contribution is -2.16. The van der Waals surface area contributed by atoms with Crippen molar-refractivity contribution in [3.05, 3.63) is 11.7 Å². The van der Waals surface area contributed by atoms with Gasteiger partial charge in [0.15, 0.2) is 0 Å². The third-order valence-electron chi connectivity index (χ3n) is 2.85. The van der Waals surface area contributed by atoms with Crippen molar-refractivity contribution in [1.82, 2.24) is 10.1 Å². The molecule has 0 saturated carbocycles. The lowest BCUT2D eigenvalue weighted by Gasteiger charge is -2.10. The summed E-state index contributed by atoms with van der Waals surface area (Å²) in [5, 5.41) is 13.7. The van der Waals surface area contributed by atoms with E-state index in [0.717, 1.165) is 17.9 Å². The Hall–Kier alpha value is -0.590. The molecule has 0 radical (unpaired) electrons. The highest BCUT2D eigenvalue weighted by molar-refractivity contribution is 7.99. The summed E-state index contributed by atoms with van der Waals surface area (Å²) in [7, 11) is 0. The predicted octanol–water partition coefficient (Wildman–Crippen LogP) is 1.75. The number of aliphatic hydroxyl groups excluding tert-OH is 1. The van der Waals surface area contributed by atoms with Crippen LogP contribution in [0.4, 0.5) is 0 Å². The molecule has 3 atom stereocenters. The van der Waals surface area contributed by atoms with Crippen LogP contribution in [0.5, 0.6) is 0 Å². The molecule has 0 amide bonds. The molecular formula is C11H18N2O3S. The Labute approximate surface area is 105 Å². The maximum atomic E-state index is 9.77. The van der Waals surface area contributed by atoms with Crippen molar-refractivity contribution in [2.24, 2.45) is 0 Å². The molecule has 0 spiro atoms. The first-order chi connectivity index (χ1) is 8.26. The Morgan fingerprint density at radius 3 is 2.94 bits per heavy atom. The molecule has 1 fully saturated rings. The normalized spacial score (nSPS) is 26.3. The minimum absolute atomic E-state index is 0.0274. The molecule has 1 aliphatic rings. The Balaban J connectivity index is 2.09. The van der Waals surface area contributed by atoms with Crippen molar-refractivity contribution in [3.63, 3.8) is 0 Å². The lowest BCUT2D eigenvalue weighted by atomic mass is 10.1. The van der Waals surface area contributed by atoms with Crippen LogP contribution in [0, 0.1) is 0 Å². The highest BCUT2D eigenvalue weighted by atomic mass is 32.2. The molecule has 1 N–H and O–H groups in total. The second-order valence-electron chi connectivity index (χ2n) is 4.05. The third-order valence-corrected chi connectivity index (χ3v) is 4.02. The van der Waals surface area contributed by atoms with E-state index >= 15 is 0 Å². The fraction of sp³-hybridized carbons (Fsp3) is 0.818. The fourth-order valence-corrected chi connectivity index (χ4v) is 3.11. The molecule has 1 aromatic heterocycles. The van der Waals surface area contributed by atoms with Gasteiger partial charge in [0.2, 0.25) is 11.7 Å². The van der Waals surface area contributed by atoms with Gasteiger partial charge in [-0.2, -0.15) is 16.7 Å². The molecule has 0 bridgehead atoms. The van der Waals surface area contributed by atoms with E-state index in [0.29, 0.717) is 18.3 Å². The molecule has 0 aliphatic carbocycles. The SMILES string of the molecule is CCOC(CC)c1noc(C2CSCC2O)n1. The van der Waals surface area contributed by atoms with Crippen LogP contribution in [0.3, 0.4) is 0 Å². The van der Waals surface area contributed by atoms with Crippen molar-refractivity contribution < 1.29 is 14.4 Å². The van der Waals surface area contributed by atoms with E-state index in [4.69, 9.17) is 9.26 Å². The van der Waals surface area contributed by atoms with Crippen LogP contribution >= 0.6 is 11.8 Å². The molecule has 96 valence electrons. The molecule has 1 aromatic rings. The van der Waals surface area contributed by atoms with Crippen molar-refractivity contribution in [3.8, 4) is 0 Å². The van der Waals surface area contributed by atoms with Gasteiger partial charge in [-0.15, -0.1) is 0 Å². The first kappa shape index (κ1) is 12.9. The smallest absolute Gasteiger partial charge is 0.233 e. The number of aliphatic hydroxyl groups is 1. The molecule has 3 unspecified atom stereocenters. The standard InChI is InChI=1S/C11H18N2O3S/c1-3-9(15-4-2)10-12-11(16-13-10)7-5-17-6-8(7)14/h7-9,14H,3-6H2,1-2H3. The molecule has 1 aliphatic heterocycles. The maximum Gasteiger partial charge on any atom is 0.233 e. The van der Waals surface area contributed by atoms with Gasteiger partial charge in [-0.1, -0.05) is 12.1 Å². The number of aromatic nitrogens is 2. The summed E-state index contributed by atoms with van der Waals surface area (Å²) in [5.74, 6) is 2.68. The first-order valence-corrected chi connectivity index (χ1v) is 7.12. The minimum atomic E-state index is -0.375. The Bertz CT molecular complexity index is 358. The van der Waals surface area contributed by atoms with E-state index < -0.39 is 0 Å². The van der Waals surface area contributed by atoms with Gasteiger partial charge in [0.1, 0.15) is 6.10 Å². The zero-order valence-electron chi connectivity index (χ0n) is 10.1. The fourth-order valence-electron chi connectivity index (χ4n) is 1.88. The zero-order chi connectivity index (χ0) is 12.3. The summed E-state index contributed by atoms with van der Waals surface area (Å²) in [5.41, 5.74) is 0. The van der Waals surface area contributed by atoms with Gasteiger partial charge in [0.05, 0.1) is 12.0 Å². The summed E-state index contributed by atoms with van der Waals surface area (Å²) >= 11 is 1.71. The van der Waals surface area contributed by atoms with E-state index in [1.165, 1.54) is 0 Å². The topological polar surface area (TPSA) is 68.4 Å². The van der Waals surface area contributed by atoms with Crippen molar-refractivity contribution in [1.29, 1.82) is 0 Å². The summed E-state index contributed by atoms with van der Waals surface area (Å²) in [6.07, 6.45) is 0.332. The number of thioether (sulfide) groups is 1. The molecule has 2 heterocycles. The number of ether oxygens (including phenoxy) is 1. The van der Waals surface area contributed by atoms with Crippen molar-refractivity contribution in [2.45, 2.75) is 38.4 Å². The Kier molecular flexibility index (Phi) is 4.42. The number of rotatable bonds is 5. The number of nitrogens with zero attached hydrogens (tertiary/aromatic N) is 2. The van der Waals surface area contributed by atoms with Gasteiger partial charge in [-0.25, -0.2) is 0 Å². The van der Waals surface area contributed by atoms with E-state index in [1.807, 2.05) is 13.8 Å². The summed E-state index contributed by atoms with van der Waals surface area (Å²) < 4.78 is 10.8. The number of hydrogen-bond donors (Lipinski definition) is 1. The van der Waals surface area contributed by atoms with Gasteiger partial charge >= 0.3 is 0 Å². The first-order valence-electron chi connectivity index (χ1n) is 5.97. The lowest BCUT2D eigenvalue weighted by molar-refractivity contribution is 0.0518. The molecule has 2 rings (SSSR count). The molecule has 5 nitrogen and oxygen atoms in total. The molecule has 6 heteroatoms. The zero-order valence-corrected chi connectivity index (χ0v) is 10.9. The highest BCUT2D eigenvalue weighted by Gasteiger charge is 2.32. The molecule has 17 heavy (non-hydrogen) atoms. The maximum absolute atomic E-state index is 9.77. The monoisotopic (exact) mass is 258 g/mol. The van der Waals surface area contributed by atoms with Crippen LogP contribution in [0.25, 0.3) is 0 Å². The average molecular weight is 258 g/mol. The average Bonchev–Trinajstić information content (AvgIpc) is 2.94. The van der Waals surface area contributed by atoms with Crippen LogP contribution in [0.15, 0.2) is 4.52 Å². The van der Waals surface area contributed by atoms with E-state index in [9.17, 15) is 5.11 Å². The van der Waals surface area contributed by atoms with Gasteiger partial charge in [-0.05, 0) is 13.3 Å². The van der Waals surface area contributed by atoms with Gasteiger partial charge in [0.25, 0.3) is 0 Å². The minimum Gasteiger partial charge on any atom is -0.391 e. The van der Waals surface area contributed by atoms with Crippen molar-refractivity contribution in [2.75, 3.05) is 18.1 Å². The number of hydrogen-bond acceptors (Lipinski definition) is 6. The molecular weight excluding hydrogens is 240 g/mol. The quantitative estimate of drug-likeness (QED) is 0.867. The largest absolute Gasteiger partial charge is 0.391 e. The van der Waals surface area contributed by atoms with Gasteiger partial charge < -0.3 is 14.4 Å². The third kappa shape index (κ3) is 2.81. The van der Waals surface area contributed by atoms with E-state index in [2.05, 4.69) is 10.1 Å². The van der Waals surface area contributed by atoms with Gasteiger partial charge in [0, 0.05) is 18.1 Å². The van der Waals surface area contributed by atoms with Crippen LogP contribution < -0.4 is 0 Å². The summed E-state index contributed by atoms with van der Waals surface area (Å²) in [6.45, 7) is 4.60. The van der Waals surface area contributed by atoms with Crippen LogP contribution in [-0.4, -0.2) is 39.5 Å². The Morgan fingerprint density at radius 2 is 2.35 bits per heavy atom. The van der Waals surface area contributed by atoms with Crippen molar-refractivity contribution >= 4 is 11.8 Å². The second-order valence-corrected chi connectivity index (χ2v) is 5.13. The van der Waals surface area contributed by atoms with Gasteiger partial charge in [-0.3, -0.25) is 0 Å². The van der Waals surface area contributed by atoms with Crippen LogP contribution in [0.2, 0.25) is 0 Å². The Morgan fingerprint density at radius 1 is 1.53 bits per heavy atom. The van der Waals surface area contributed by atoms with Crippen LogP contribution in [0.1, 0.15) is 44.0 Å². The summed E-state index contributed by atoms with van der Waals surface area (Å²) in [4.78, 5) is 4.36. The molecule has 0 aromatic carbocycles. The predicted molar refractivity (Wildman–Crippen MR) is 65.0 cm³/mol. The summed E-state index contributed by atoms with van der Waals surface area (Å²) in [6, 6.07) is 0. The highest BCUT2D eigenvalue weighted by Crippen LogP contribution is 2.32. The van der Waals surface area contributed by atoms with E-state index in [1.54, 1.807) is 11.8 Å². The van der Waals surface area contributed by atoms with E-state index in [-0.39, 0.29) is 18.1 Å². The van der Waals surface area contributed by atoms with Crippen LogP contribution in [-0.2, 0) is 4.74 Å². The second kappa shape index (κ2) is 5.84. The molecule has 1 saturated heterocycles.